The lowest BCUT2D eigenvalue weighted by Gasteiger charge is -2.12. The molecular weight excluding hydrogens is 380 g/mol. The largest absolute Gasteiger partial charge is 0.478 e. The second-order valence-corrected chi connectivity index (χ2v) is 7.39. The highest BCUT2D eigenvalue weighted by molar-refractivity contribution is 5.96. The number of ether oxygens (including phenoxy) is 1. The highest BCUT2D eigenvalue weighted by atomic mass is 16.5. The number of carbonyl (C=O) groups is 2. The number of carboxylic acid groups (broad SMARTS) is 1. The number of carboxylic acids is 1. The summed E-state index contributed by atoms with van der Waals surface area (Å²) in [5.41, 5.74) is 4.27. The van der Waals surface area contributed by atoms with Gasteiger partial charge in [0.15, 0.2) is 5.78 Å². The summed E-state index contributed by atoms with van der Waals surface area (Å²) in [6.07, 6.45) is 3.17. The van der Waals surface area contributed by atoms with Crippen molar-refractivity contribution in [1.29, 1.82) is 0 Å². The second kappa shape index (κ2) is 8.53. The fourth-order valence-electron chi connectivity index (χ4n) is 3.94. The van der Waals surface area contributed by atoms with Crippen molar-refractivity contribution in [3.8, 4) is 17.1 Å². The molecule has 1 aromatic heterocycles. The van der Waals surface area contributed by atoms with Crippen LogP contribution in [0.4, 0.5) is 0 Å². The number of hydrogen-bond donors (Lipinski definition) is 1. The monoisotopic (exact) mass is 404 g/mol. The first-order chi connectivity index (χ1) is 14.6. The fraction of sp³-hybridized carbons (Fsp3) is 0.292. The van der Waals surface area contributed by atoms with Gasteiger partial charge in [-0.05, 0) is 48.9 Å². The molecule has 0 radical (unpaired) electrons. The Morgan fingerprint density at radius 3 is 2.57 bits per heavy atom. The van der Waals surface area contributed by atoms with Gasteiger partial charge in [0.1, 0.15) is 5.69 Å². The van der Waals surface area contributed by atoms with Gasteiger partial charge in [-0.3, -0.25) is 9.36 Å². The van der Waals surface area contributed by atoms with Gasteiger partial charge >= 0.3 is 5.97 Å². The van der Waals surface area contributed by atoms with E-state index in [-0.39, 0.29) is 11.3 Å². The smallest absolute Gasteiger partial charge is 0.336 e. The van der Waals surface area contributed by atoms with Crippen molar-refractivity contribution in [3.63, 3.8) is 0 Å². The second-order valence-electron chi connectivity index (χ2n) is 7.39. The molecule has 0 saturated heterocycles. The standard InChI is InChI=1S/C24H24N2O4/c1-2-30-24-25-20-9-5-6-10-21(27)22(20)26(24)15-16-11-13-17(14-12-16)18-7-3-4-8-19(18)23(28)29/h3-4,7-8,11-14H,2,5-6,9-10,15H2,1H3,(H,28,29). The maximum atomic E-state index is 12.7. The number of aromatic nitrogens is 2. The van der Waals surface area contributed by atoms with Crippen LogP contribution in [0.3, 0.4) is 0 Å². The lowest BCUT2D eigenvalue weighted by atomic mass is 9.99. The van der Waals surface area contributed by atoms with E-state index in [1.54, 1.807) is 18.2 Å². The minimum Gasteiger partial charge on any atom is -0.478 e. The summed E-state index contributed by atoms with van der Waals surface area (Å²) >= 11 is 0. The van der Waals surface area contributed by atoms with Gasteiger partial charge in [0.05, 0.1) is 24.4 Å². The molecule has 6 nitrogen and oxygen atoms in total. The van der Waals surface area contributed by atoms with Crippen LogP contribution in [-0.4, -0.2) is 33.0 Å². The first-order valence-electron chi connectivity index (χ1n) is 10.3. The van der Waals surface area contributed by atoms with Crippen LogP contribution < -0.4 is 4.74 Å². The van der Waals surface area contributed by atoms with E-state index in [0.717, 1.165) is 36.1 Å². The Labute approximate surface area is 175 Å². The van der Waals surface area contributed by atoms with Crippen LogP contribution in [0.2, 0.25) is 0 Å². The lowest BCUT2D eigenvalue weighted by Crippen LogP contribution is -2.12. The van der Waals surface area contributed by atoms with Crippen LogP contribution in [0.25, 0.3) is 11.1 Å². The molecule has 1 aliphatic rings. The Kier molecular flexibility index (Phi) is 5.65. The minimum atomic E-state index is -0.948. The topological polar surface area (TPSA) is 81.4 Å². The zero-order valence-corrected chi connectivity index (χ0v) is 16.9. The van der Waals surface area contributed by atoms with Crippen LogP contribution in [0.5, 0.6) is 6.01 Å². The van der Waals surface area contributed by atoms with Crippen LogP contribution in [0.15, 0.2) is 48.5 Å². The fourth-order valence-corrected chi connectivity index (χ4v) is 3.94. The number of rotatable bonds is 6. The average Bonchev–Trinajstić information content (AvgIpc) is 2.97. The van der Waals surface area contributed by atoms with E-state index in [2.05, 4.69) is 4.98 Å². The van der Waals surface area contributed by atoms with E-state index >= 15 is 0 Å². The number of ketones is 1. The molecule has 0 amide bonds. The van der Waals surface area contributed by atoms with Crippen molar-refractivity contribution >= 4 is 11.8 Å². The van der Waals surface area contributed by atoms with Crippen molar-refractivity contribution in [2.75, 3.05) is 6.61 Å². The van der Waals surface area contributed by atoms with Crippen molar-refractivity contribution in [1.82, 2.24) is 9.55 Å². The molecule has 0 saturated carbocycles. The number of hydrogen-bond acceptors (Lipinski definition) is 4. The summed E-state index contributed by atoms with van der Waals surface area (Å²) in [7, 11) is 0. The number of imidazole rings is 1. The van der Waals surface area contributed by atoms with Gasteiger partial charge < -0.3 is 9.84 Å². The van der Waals surface area contributed by atoms with E-state index < -0.39 is 5.97 Å². The first-order valence-corrected chi connectivity index (χ1v) is 10.3. The molecule has 0 spiro atoms. The van der Waals surface area contributed by atoms with Gasteiger partial charge in [0.25, 0.3) is 6.01 Å². The molecule has 154 valence electrons. The number of carbonyl (C=O) groups excluding carboxylic acids is 1. The number of aryl methyl sites for hydroxylation is 1. The van der Waals surface area contributed by atoms with Crippen LogP contribution in [0, 0.1) is 0 Å². The maximum absolute atomic E-state index is 12.7. The van der Waals surface area contributed by atoms with Crippen LogP contribution in [-0.2, 0) is 13.0 Å². The van der Waals surface area contributed by atoms with Gasteiger partial charge in [0, 0.05) is 6.42 Å². The molecule has 30 heavy (non-hydrogen) atoms. The minimum absolute atomic E-state index is 0.118. The third-order valence-corrected chi connectivity index (χ3v) is 5.37. The number of aromatic carboxylic acids is 1. The quantitative estimate of drug-likeness (QED) is 0.607. The Morgan fingerprint density at radius 1 is 1.10 bits per heavy atom. The Hall–Kier alpha value is -3.41. The summed E-state index contributed by atoms with van der Waals surface area (Å²) in [5, 5.41) is 9.44. The summed E-state index contributed by atoms with van der Waals surface area (Å²) < 4.78 is 7.60. The molecule has 1 heterocycles. The molecule has 0 atom stereocenters. The lowest BCUT2D eigenvalue weighted by molar-refractivity contribution is 0.0697. The molecule has 3 aromatic rings. The van der Waals surface area contributed by atoms with E-state index in [1.807, 2.05) is 41.8 Å². The zero-order chi connectivity index (χ0) is 21.1. The predicted octanol–water partition coefficient (Wildman–Crippen LogP) is 4.60. The summed E-state index contributed by atoms with van der Waals surface area (Å²) in [5.74, 6) is -0.830. The van der Waals surface area contributed by atoms with Gasteiger partial charge in [0.2, 0.25) is 0 Å². The van der Waals surface area contributed by atoms with E-state index in [1.165, 1.54) is 0 Å². The van der Waals surface area contributed by atoms with Crippen molar-refractivity contribution < 1.29 is 19.4 Å². The van der Waals surface area contributed by atoms with Crippen LogP contribution >= 0.6 is 0 Å². The van der Waals surface area contributed by atoms with Crippen molar-refractivity contribution in [2.45, 2.75) is 39.2 Å². The first kappa shape index (κ1) is 19.9. The Morgan fingerprint density at radius 2 is 1.83 bits per heavy atom. The number of fused-ring (bicyclic) bond motifs is 1. The Bertz CT molecular complexity index is 1080. The van der Waals surface area contributed by atoms with E-state index in [4.69, 9.17) is 4.74 Å². The SMILES string of the molecule is CCOc1nc2c(n1Cc1ccc(-c3ccccc3C(=O)O)cc1)C(=O)CCCC2. The molecule has 0 unspecified atom stereocenters. The zero-order valence-electron chi connectivity index (χ0n) is 16.9. The summed E-state index contributed by atoms with van der Waals surface area (Å²) in [6, 6.07) is 15.2. The molecule has 2 aromatic carbocycles. The van der Waals surface area contributed by atoms with E-state index in [0.29, 0.717) is 36.8 Å². The summed E-state index contributed by atoms with van der Waals surface area (Å²) in [4.78, 5) is 28.8. The predicted molar refractivity (Wildman–Crippen MR) is 113 cm³/mol. The van der Waals surface area contributed by atoms with Crippen LogP contribution in [0.1, 0.15) is 58.3 Å². The summed E-state index contributed by atoms with van der Waals surface area (Å²) in [6.45, 7) is 2.86. The average molecular weight is 404 g/mol. The third kappa shape index (κ3) is 3.85. The number of benzene rings is 2. The maximum Gasteiger partial charge on any atom is 0.336 e. The molecule has 1 aliphatic carbocycles. The Balaban J connectivity index is 1.67. The van der Waals surface area contributed by atoms with Crippen molar-refractivity contribution in [2.24, 2.45) is 0 Å². The van der Waals surface area contributed by atoms with E-state index in [9.17, 15) is 14.7 Å². The van der Waals surface area contributed by atoms with Gasteiger partial charge in [-0.15, -0.1) is 0 Å². The van der Waals surface area contributed by atoms with Gasteiger partial charge in [-0.2, -0.15) is 4.98 Å². The van der Waals surface area contributed by atoms with Gasteiger partial charge in [-0.1, -0.05) is 42.5 Å². The molecule has 4 rings (SSSR count). The third-order valence-electron chi connectivity index (χ3n) is 5.37. The molecule has 0 fully saturated rings. The molecule has 0 bridgehead atoms. The highest BCUT2D eigenvalue weighted by Gasteiger charge is 2.25. The number of nitrogens with zero attached hydrogens (tertiary/aromatic N) is 2. The van der Waals surface area contributed by atoms with Gasteiger partial charge in [-0.25, -0.2) is 4.79 Å². The highest BCUT2D eigenvalue weighted by Crippen LogP contribution is 2.28. The molecular formula is C24H24N2O4. The molecule has 0 aliphatic heterocycles. The number of Topliss-reactive ketones (excluding diaryl/α,β-unsaturated/α-hetero) is 1. The molecule has 1 N–H and O–H groups in total. The normalized spacial score (nSPS) is 13.6. The van der Waals surface area contributed by atoms with Crippen molar-refractivity contribution in [3.05, 3.63) is 71.0 Å². The molecule has 6 heteroatoms.